The summed E-state index contributed by atoms with van der Waals surface area (Å²) in [6.45, 7) is 1.02. The fraction of sp³-hybridized carbons (Fsp3) is 0.647. The van der Waals surface area contributed by atoms with Gasteiger partial charge in [-0.1, -0.05) is 0 Å². The first-order valence-corrected chi connectivity index (χ1v) is 9.24. The molecule has 0 radical (unpaired) electrons. The monoisotopic (exact) mass is 358 g/mol. The number of aromatic amines is 1. The lowest BCUT2D eigenvalue weighted by molar-refractivity contribution is 0.0882. The number of rotatable bonds is 5. The van der Waals surface area contributed by atoms with Crippen LogP contribution in [0.25, 0.3) is 0 Å². The standard InChI is InChI=1S/C17H22N6O3/c24-7-14-20-22-16(23(14)11-1-2-11)9-5-10(6-9)18-17(25)15-12-8-26-4-3-13(12)19-21-15/h9-11,24H,1-8H2,(H,18,25)(H,19,21). The predicted molar refractivity (Wildman–Crippen MR) is 89.4 cm³/mol. The molecule has 3 heterocycles. The van der Waals surface area contributed by atoms with Crippen LogP contribution in [0.3, 0.4) is 0 Å². The lowest BCUT2D eigenvalue weighted by Crippen LogP contribution is -2.44. The second-order valence-corrected chi connectivity index (χ2v) is 7.40. The van der Waals surface area contributed by atoms with Crippen LogP contribution in [0.2, 0.25) is 0 Å². The van der Waals surface area contributed by atoms with Gasteiger partial charge >= 0.3 is 0 Å². The maximum Gasteiger partial charge on any atom is 0.272 e. The molecule has 5 rings (SSSR count). The third-order valence-electron chi connectivity index (χ3n) is 5.60. The molecule has 2 saturated carbocycles. The molecule has 2 aliphatic carbocycles. The Morgan fingerprint density at radius 1 is 1.35 bits per heavy atom. The molecule has 26 heavy (non-hydrogen) atoms. The van der Waals surface area contributed by atoms with E-state index in [1.54, 1.807) is 0 Å². The van der Waals surface area contributed by atoms with Crippen molar-refractivity contribution < 1.29 is 14.6 Å². The molecule has 3 aliphatic rings. The molecule has 9 nitrogen and oxygen atoms in total. The van der Waals surface area contributed by atoms with Crippen LogP contribution in [-0.4, -0.2) is 48.6 Å². The van der Waals surface area contributed by atoms with Crippen LogP contribution in [0, 0.1) is 0 Å². The number of ether oxygens (including phenoxy) is 1. The highest BCUT2D eigenvalue weighted by Gasteiger charge is 2.39. The minimum atomic E-state index is -0.142. The van der Waals surface area contributed by atoms with Gasteiger partial charge in [-0.25, -0.2) is 0 Å². The first kappa shape index (κ1) is 16.0. The van der Waals surface area contributed by atoms with Gasteiger partial charge < -0.3 is 19.7 Å². The number of aromatic nitrogens is 5. The lowest BCUT2D eigenvalue weighted by atomic mass is 9.79. The molecule has 1 aliphatic heterocycles. The molecule has 0 atom stereocenters. The molecule has 0 aromatic carbocycles. The van der Waals surface area contributed by atoms with Gasteiger partial charge in [0.2, 0.25) is 0 Å². The molecule has 1 amide bonds. The third-order valence-corrected chi connectivity index (χ3v) is 5.60. The Hall–Kier alpha value is -2.26. The maximum absolute atomic E-state index is 12.5. The van der Waals surface area contributed by atoms with Crippen LogP contribution in [0.15, 0.2) is 0 Å². The first-order chi connectivity index (χ1) is 12.7. The molecule has 0 bridgehead atoms. The Labute approximate surface area is 150 Å². The zero-order valence-electron chi connectivity index (χ0n) is 14.4. The fourth-order valence-corrected chi connectivity index (χ4v) is 3.95. The number of hydrogen-bond acceptors (Lipinski definition) is 6. The summed E-state index contributed by atoms with van der Waals surface area (Å²) in [6.07, 6.45) is 4.69. The van der Waals surface area contributed by atoms with Crippen LogP contribution in [0.1, 0.15) is 71.0 Å². The summed E-state index contributed by atoms with van der Waals surface area (Å²) in [5.74, 6) is 1.74. The van der Waals surface area contributed by atoms with Crippen LogP contribution in [0.5, 0.6) is 0 Å². The number of H-pyrrole nitrogens is 1. The van der Waals surface area contributed by atoms with E-state index in [2.05, 4.69) is 30.3 Å². The summed E-state index contributed by atoms with van der Waals surface area (Å²) in [6, 6.07) is 0.553. The van der Waals surface area contributed by atoms with E-state index < -0.39 is 0 Å². The van der Waals surface area contributed by atoms with E-state index in [9.17, 15) is 9.90 Å². The smallest absolute Gasteiger partial charge is 0.272 e. The van der Waals surface area contributed by atoms with Gasteiger partial charge in [0.05, 0.1) is 13.2 Å². The highest BCUT2D eigenvalue weighted by Crippen LogP contribution is 2.42. The highest BCUT2D eigenvalue weighted by atomic mass is 16.5. The number of aliphatic hydroxyl groups is 1. The van der Waals surface area contributed by atoms with Crippen LogP contribution in [0.4, 0.5) is 0 Å². The Bertz CT molecular complexity index is 834. The summed E-state index contributed by atoms with van der Waals surface area (Å²) in [5, 5.41) is 28.1. The molecule has 2 fully saturated rings. The second-order valence-electron chi connectivity index (χ2n) is 7.40. The molecule has 0 unspecified atom stereocenters. The van der Waals surface area contributed by atoms with Gasteiger partial charge in [-0.05, 0) is 25.7 Å². The summed E-state index contributed by atoms with van der Waals surface area (Å²) >= 11 is 0. The number of nitrogens with zero attached hydrogens (tertiary/aromatic N) is 4. The lowest BCUT2D eigenvalue weighted by Gasteiger charge is -2.35. The van der Waals surface area contributed by atoms with Crippen molar-refractivity contribution in [3.05, 3.63) is 28.6 Å². The van der Waals surface area contributed by atoms with E-state index in [1.165, 1.54) is 0 Å². The van der Waals surface area contributed by atoms with Gasteiger partial charge in [0.15, 0.2) is 11.5 Å². The third kappa shape index (κ3) is 2.62. The van der Waals surface area contributed by atoms with Gasteiger partial charge in [-0.2, -0.15) is 5.10 Å². The van der Waals surface area contributed by atoms with Gasteiger partial charge in [-0.15, -0.1) is 10.2 Å². The zero-order valence-corrected chi connectivity index (χ0v) is 14.4. The first-order valence-electron chi connectivity index (χ1n) is 9.24. The minimum Gasteiger partial charge on any atom is -0.388 e. The SMILES string of the molecule is O=C(NC1CC(c2nnc(CO)n2C2CC2)C1)c1n[nH]c2c1COCC2. The molecule has 2 aromatic heterocycles. The van der Waals surface area contributed by atoms with Gasteiger partial charge in [0.1, 0.15) is 12.4 Å². The summed E-state index contributed by atoms with van der Waals surface area (Å²) < 4.78 is 7.54. The summed E-state index contributed by atoms with van der Waals surface area (Å²) in [5.41, 5.74) is 2.33. The molecule has 138 valence electrons. The fourth-order valence-electron chi connectivity index (χ4n) is 3.95. The van der Waals surface area contributed by atoms with Crippen molar-refractivity contribution in [2.45, 2.75) is 63.3 Å². The van der Waals surface area contributed by atoms with Gasteiger partial charge in [0, 0.05) is 35.7 Å². The number of nitrogens with one attached hydrogen (secondary N) is 2. The highest BCUT2D eigenvalue weighted by molar-refractivity contribution is 5.94. The van der Waals surface area contributed by atoms with Crippen molar-refractivity contribution >= 4 is 5.91 Å². The number of amides is 1. The Kier molecular flexibility index (Phi) is 3.79. The number of fused-ring (bicyclic) bond motifs is 1. The number of aliphatic hydroxyl groups excluding tert-OH is 1. The van der Waals surface area contributed by atoms with Crippen molar-refractivity contribution in [2.24, 2.45) is 0 Å². The molecule has 2 aromatic rings. The summed E-state index contributed by atoms with van der Waals surface area (Å²) in [4.78, 5) is 12.5. The van der Waals surface area contributed by atoms with Gasteiger partial charge in [0.25, 0.3) is 5.91 Å². The number of hydrogen-bond donors (Lipinski definition) is 3. The number of carbonyl (C=O) groups is 1. The van der Waals surface area contributed by atoms with Crippen molar-refractivity contribution in [3.8, 4) is 0 Å². The van der Waals surface area contributed by atoms with Crippen LogP contribution >= 0.6 is 0 Å². The van der Waals surface area contributed by atoms with Crippen molar-refractivity contribution in [1.82, 2.24) is 30.3 Å². The Morgan fingerprint density at radius 2 is 2.19 bits per heavy atom. The van der Waals surface area contributed by atoms with E-state index in [4.69, 9.17) is 4.74 Å². The zero-order chi connectivity index (χ0) is 17.7. The van der Waals surface area contributed by atoms with E-state index in [1.807, 2.05) is 0 Å². The quantitative estimate of drug-likeness (QED) is 0.719. The summed E-state index contributed by atoms with van der Waals surface area (Å²) in [7, 11) is 0. The average Bonchev–Trinajstić information content (AvgIpc) is 3.23. The normalized spacial score (nSPS) is 24.8. The van der Waals surface area contributed by atoms with E-state index in [0.29, 0.717) is 30.8 Å². The van der Waals surface area contributed by atoms with Crippen molar-refractivity contribution in [1.29, 1.82) is 0 Å². The molecule has 3 N–H and O–H groups in total. The molecule has 0 saturated heterocycles. The van der Waals surface area contributed by atoms with E-state index >= 15 is 0 Å². The average molecular weight is 358 g/mol. The largest absolute Gasteiger partial charge is 0.388 e. The van der Waals surface area contributed by atoms with Crippen LogP contribution < -0.4 is 5.32 Å². The molecular weight excluding hydrogens is 336 g/mol. The molecule has 9 heteroatoms. The Balaban J connectivity index is 1.23. The van der Waals surface area contributed by atoms with Crippen molar-refractivity contribution in [3.63, 3.8) is 0 Å². The minimum absolute atomic E-state index is 0.0806. The molecule has 0 spiro atoms. The topological polar surface area (TPSA) is 118 Å². The van der Waals surface area contributed by atoms with Crippen LogP contribution in [-0.2, 0) is 24.4 Å². The van der Waals surface area contributed by atoms with Crippen molar-refractivity contribution in [2.75, 3.05) is 6.61 Å². The maximum atomic E-state index is 12.5. The Morgan fingerprint density at radius 3 is 2.96 bits per heavy atom. The van der Waals surface area contributed by atoms with E-state index in [-0.39, 0.29) is 24.5 Å². The van der Waals surface area contributed by atoms with Gasteiger partial charge in [-0.3, -0.25) is 9.89 Å². The van der Waals surface area contributed by atoms with E-state index in [0.717, 1.165) is 49.2 Å². The molecular formula is C17H22N6O3. The second kappa shape index (κ2) is 6.17. The number of carbonyl (C=O) groups excluding carboxylic acids is 1. The predicted octanol–water partition coefficient (Wildman–Crippen LogP) is 0.577.